The van der Waals surface area contributed by atoms with Crippen molar-refractivity contribution in [3.63, 3.8) is 0 Å². The molecule has 2 nitrogen and oxygen atoms in total. The molecule has 0 aromatic heterocycles. The van der Waals surface area contributed by atoms with E-state index in [1.165, 1.54) is 19.2 Å². The van der Waals surface area contributed by atoms with Crippen LogP contribution in [0.1, 0.15) is 15.9 Å². The second kappa shape index (κ2) is 5.56. The summed E-state index contributed by atoms with van der Waals surface area (Å²) in [6.07, 6.45) is 3.57. The quantitative estimate of drug-likeness (QED) is 0.633. The molecule has 0 fully saturated rings. The molecule has 0 radical (unpaired) electrons. The third-order valence-corrected chi connectivity index (χ3v) is 2.02. The van der Waals surface area contributed by atoms with Crippen molar-refractivity contribution in [3.8, 4) is 0 Å². The Balaban J connectivity index is 3.05. The Hall–Kier alpha value is -1.29. The van der Waals surface area contributed by atoms with Crippen LogP contribution in [0, 0.1) is 5.82 Å². The third kappa shape index (κ3) is 3.09. The molecule has 0 aliphatic carbocycles. The molecule has 0 aliphatic rings. The van der Waals surface area contributed by atoms with Crippen molar-refractivity contribution in [1.82, 2.24) is 0 Å². The molecule has 0 spiro atoms. The first-order valence-corrected chi connectivity index (χ1v) is 4.97. The van der Waals surface area contributed by atoms with Gasteiger partial charge in [0.25, 0.3) is 0 Å². The Morgan fingerprint density at radius 1 is 1.60 bits per heavy atom. The zero-order valence-electron chi connectivity index (χ0n) is 8.24. The van der Waals surface area contributed by atoms with E-state index in [1.54, 1.807) is 18.2 Å². The van der Waals surface area contributed by atoms with Crippen molar-refractivity contribution in [3.05, 3.63) is 41.2 Å². The van der Waals surface area contributed by atoms with E-state index in [0.717, 1.165) is 5.56 Å². The van der Waals surface area contributed by atoms with Crippen LogP contribution in [0.2, 0.25) is 0 Å². The lowest BCUT2D eigenvalue weighted by molar-refractivity contribution is 0.0595. The summed E-state index contributed by atoms with van der Waals surface area (Å²) in [6, 6.07) is 4.27. The summed E-state index contributed by atoms with van der Waals surface area (Å²) < 4.78 is 17.6. The number of thiol groups is 1. The zero-order chi connectivity index (χ0) is 11.3. The summed E-state index contributed by atoms with van der Waals surface area (Å²) in [4.78, 5) is 11.2. The second-order valence-electron chi connectivity index (χ2n) is 2.82. The summed E-state index contributed by atoms with van der Waals surface area (Å²) in [5.74, 6) is -0.663. The number of hydrogen-bond acceptors (Lipinski definition) is 3. The van der Waals surface area contributed by atoms with Crippen LogP contribution in [-0.2, 0) is 4.74 Å². The highest BCUT2D eigenvalue weighted by molar-refractivity contribution is 7.80. The number of rotatable bonds is 3. The van der Waals surface area contributed by atoms with E-state index in [4.69, 9.17) is 0 Å². The van der Waals surface area contributed by atoms with E-state index >= 15 is 0 Å². The Bertz CT molecular complexity index is 388. The van der Waals surface area contributed by atoms with Crippen molar-refractivity contribution in [2.45, 2.75) is 0 Å². The van der Waals surface area contributed by atoms with Gasteiger partial charge in [0.1, 0.15) is 5.82 Å². The molecule has 0 unspecified atom stereocenters. The fourth-order valence-corrected chi connectivity index (χ4v) is 1.21. The Morgan fingerprint density at radius 3 is 2.93 bits per heavy atom. The molecule has 0 amide bonds. The van der Waals surface area contributed by atoms with E-state index in [0.29, 0.717) is 5.75 Å². The molecule has 4 heteroatoms. The van der Waals surface area contributed by atoms with Crippen LogP contribution in [0.25, 0.3) is 6.08 Å². The smallest absolute Gasteiger partial charge is 0.340 e. The maximum absolute atomic E-state index is 13.2. The van der Waals surface area contributed by atoms with Gasteiger partial charge in [-0.1, -0.05) is 18.2 Å². The van der Waals surface area contributed by atoms with Crippen LogP contribution < -0.4 is 0 Å². The second-order valence-corrected chi connectivity index (χ2v) is 3.18. The number of carbonyl (C=O) groups excluding carboxylic acids is 1. The number of hydrogen-bond donors (Lipinski definition) is 1. The fourth-order valence-electron chi connectivity index (χ4n) is 1.10. The highest BCUT2D eigenvalue weighted by atomic mass is 32.1. The number of carbonyl (C=O) groups is 1. The van der Waals surface area contributed by atoms with Crippen LogP contribution in [0.3, 0.4) is 0 Å². The van der Waals surface area contributed by atoms with Gasteiger partial charge in [0, 0.05) is 5.75 Å². The summed E-state index contributed by atoms with van der Waals surface area (Å²) in [6.45, 7) is 0. The topological polar surface area (TPSA) is 26.3 Å². The molecule has 0 aliphatic heterocycles. The van der Waals surface area contributed by atoms with Crippen molar-refractivity contribution >= 4 is 24.7 Å². The van der Waals surface area contributed by atoms with E-state index in [-0.39, 0.29) is 5.56 Å². The Labute approximate surface area is 93.2 Å². The average molecular weight is 226 g/mol. The normalized spacial score (nSPS) is 10.6. The number of halogens is 1. The van der Waals surface area contributed by atoms with Gasteiger partial charge in [-0.15, -0.1) is 0 Å². The number of methoxy groups -OCH3 is 1. The van der Waals surface area contributed by atoms with E-state index in [1.807, 2.05) is 0 Å². The molecule has 1 aromatic rings. The summed E-state index contributed by atoms with van der Waals surface area (Å²) in [7, 11) is 1.22. The molecule has 0 N–H and O–H groups in total. The number of esters is 1. The lowest BCUT2D eigenvalue weighted by Gasteiger charge is -2.02. The van der Waals surface area contributed by atoms with Gasteiger partial charge in [-0.3, -0.25) is 0 Å². The van der Waals surface area contributed by atoms with Gasteiger partial charge in [-0.05, 0) is 17.7 Å². The first kappa shape index (κ1) is 11.8. The molecule has 0 atom stereocenters. The lowest BCUT2D eigenvalue weighted by atomic mass is 10.1. The van der Waals surface area contributed by atoms with Gasteiger partial charge < -0.3 is 4.74 Å². The van der Waals surface area contributed by atoms with E-state index < -0.39 is 11.8 Å². The Kier molecular flexibility index (Phi) is 4.37. The fraction of sp³-hybridized carbons (Fsp3) is 0.182. The molecule has 80 valence electrons. The van der Waals surface area contributed by atoms with Crippen molar-refractivity contribution in [1.29, 1.82) is 0 Å². The molecule has 0 bridgehead atoms. The Morgan fingerprint density at radius 2 is 2.33 bits per heavy atom. The molecule has 1 rings (SSSR count). The summed E-state index contributed by atoms with van der Waals surface area (Å²) >= 11 is 4.00. The molecule has 0 saturated heterocycles. The van der Waals surface area contributed by atoms with Crippen LogP contribution >= 0.6 is 12.6 Å². The van der Waals surface area contributed by atoms with Crippen LogP contribution in [-0.4, -0.2) is 18.8 Å². The molecule has 0 saturated carbocycles. The third-order valence-electron chi connectivity index (χ3n) is 1.81. The minimum atomic E-state index is -0.673. The predicted molar refractivity (Wildman–Crippen MR) is 60.6 cm³/mol. The molecular formula is C11H11FO2S. The monoisotopic (exact) mass is 226 g/mol. The zero-order valence-corrected chi connectivity index (χ0v) is 9.13. The number of ether oxygens (including phenoxy) is 1. The molecule has 15 heavy (non-hydrogen) atoms. The molecule has 0 heterocycles. The summed E-state index contributed by atoms with van der Waals surface area (Å²) in [5, 5.41) is 0. The first-order valence-electron chi connectivity index (χ1n) is 4.34. The standard InChI is InChI=1S/C11H11FO2S/c1-14-11(13)9-7-8(3-2-6-15)4-5-10(9)12/h2-5,7,15H,6H2,1H3. The van der Waals surface area contributed by atoms with E-state index in [2.05, 4.69) is 17.4 Å². The first-order chi connectivity index (χ1) is 7.19. The highest BCUT2D eigenvalue weighted by Gasteiger charge is 2.11. The van der Waals surface area contributed by atoms with Crippen molar-refractivity contribution in [2.24, 2.45) is 0 Å². The van der Waals surface area contributed by atoms with Gasteiger partial charge in [-0.2, -0.15) is 12.6 Å². The minimum Gasteiger partial charge on any atom is -0.465 e. The van der Waals surface area contributed by atoms with Crippen LogP contribution in [0.4, 0.5) is 4.39 Å². The van der Waals surface area contributed by atoms with Gasteiger partial charge in [0.15, 0.2) is 0 Å². The summed E-state index contributed by atoms with van der Waals surface area (Å²) in [5.41, 5.74) is 0.685. The van der Waals surface area contributed by atoms with E-state index in [9.17, 15) is 9.18 Å². The predicted octanol–water partition coefficient (Wildman–Crippen LogP) is 2.56. The SMILES string of the molecule is COC(=O)c1cc(C=CCS)ccc1F. The van der Waals surface area contributed by atoms with Gasteiger partial charge in [0.05, 0.1) is 12.7 Å². The van der Waals surface area contributed by atoms with Crippen LogP contribution in [0.5, 0.6) is 0 Å². The largest absolute Gasteiger partial charge is 0.465 e. The van der Waals surface area contributed by atoms with Gasteiger partial charge in [-0.25, -0.2) is 9.18 Å². The maximum atomic E-state index is 13.2. The van der Waals surface area contributed by atoms with Gasteiger partial charge >= 0.3 is 5.97 Å². The minimum absolute atomic E-state index is 0.0567. The molecule has 1 aromatic carbocycles. The highest BCUT2D eigenvalue weighted by Crippen LogP contribution is 2.13. The lowest BCUT2D eigenvalue weighted by Crippen LogP contribution is -2.04. The van der Waals surface area contributed by atoms with Crippen LogP contribution in [0.15, 0.2) is 24.3 Å². The number of benzene rings is 1. The average Bonchev–Trinajstić information content (AvgIpc) is 2.27. The van der Waals surface area contributed by atoms with Gasteiger partial charge in [0.2, 0.25) is 0 Å². The molecular weight excluding hydrogens is 215 g/mol. The van der Waals surface area contributed by atoms with Crippen molar-refractivity contribution in [2.75, 3.05) is 12.9 Å². The maximum Gasteiger partial charge on any atom is 0.340 e. The van der Waals surface area contributed by atoms with Crippen molar-refractivity contribution < 1.29 is 13.9 Å².